The van der Waals surface area contributed by atoms with Crippen LogP contribution < -0.4 is 16.4 Å². The molecule has 2 aromatic rings. The van der Waals surface area contributed by atoms with Crippen LogP contribution in [-0.4, -0.2) is 43.9 Å². The van der Waals surface area contributed by atoms with Gasteiger partial charge in [0, 0.05) is 19.5 Å². The highest BCUT2D eigenvalue weighted by atomic mass is 16.2. The zero-order valence-electron chi connectivity index (χ0n) is 11.2. The van der Waals surface area contributed by atoms with Gasteiger partial charge in [0.15, 0.2) is 11.5 Å². The lowest BCUT2D eigenvalue weighted by Gasteiger charge is -2.10. The van der Waals surface area contributed by atoms with E-state index in [1.54, 1.807) is 10.9 Å². The highest BCUT2D eigenvalue weighted by Crippen LogP contribution is 2.14. The summed E-state index contributed by atoms with van der Waals surface area (Å²) in [4.78, 5) is 35.3. The maximum Gasteiger partial charge on any atom is 0.242 e. The number of carbonyl (C=O) groups excluding carboxylic acids is 2. The number of nitrogens with zero attached hydrogens (tertiary/aromatic N) is 4. The van der Waals surface area contributed by atoms with Crippen LogP contribution in [0.4, 0.5) is 5.82 Å². The van der Waals surface area contributed by atoms with Crippen molar-refractivity contribution in [1.82, 2.24) is 30.2 Å². The molecule has 21 heavy (non-hydrogen) atoms. The van der Waals surface area contributed by atoms with Crippen LogP contribution in [0.3, 0.4) is 0 Å². The van der Waals surface area contributed by atoms with Crippen LogP contribution in [0.1, 0.15) is 12.8 Å². The fraction of sp³-hybridized carbons (Fsp3) is 0.417. The summed E-state index contributed by atoms with van der Waals surface area (Å²) >= 11 is 0. The molecular formula is C12H15N7O2. The third kappa shape index (κ3) is 2.62. The van der Waals surface area contributed by atoms with Crippen molar-refractivity contribution in [3.8, 4) is 0 Å². The van der Waals surface area contributed by atoms with Gasteiger partial charge in [0.25, 0.3) is 0 Å². The Bertz CT molecular complexity index is 696. The number of imidazole rings is 1. The third-order valence-corrected chi connectivity index (χ3v) is 3.39. The number of nitrogens with two attached hydrogens (primary N) is 1. The van der Waals surface area contributed by atoms with E-state index in [1.807, 2.05) is 0 Å². The average molecular weight is 289 g/mol. The predicted molar refractivity (Wildman–Crippen MR) is 73.9 cm³/mol. The largest absolute Gasteiger partial charge is 0.382 e. The zero-order valence-corrected chi connectivity index (χ0v) is 11.2. The van der Waals surface area contributed by atoms with Gasteiger partial charge in [-0.1, -0.05) is 0 Å². The quantitative estimate of drug-likeness (QED) is 0.649. The van der Waals surface area contributed by atoms with Crippen molar-refractivity contribution in [1.29, 1.82) is 0 Å². The van der Waals surface area contributed by atoms with Gasteiger partial charge in [-0.3, -0.25) is 9.59 Å². The molecule has 1 fully saturated rings. The number of nitrogen functional groups attached to an aromatic ring is 1. The standard InChI is InChI=1S/C12H15N7O2/c13-10-9-11(16-5-15-10)19(6-17-9)4-2-8(20)18-7-1-3-14-12(7)21/h5-7H,1-4H2,(H,14,21)(H,18,20)(H2,13,15,16). The third-order valence-electron chi connectivity index (χ3n) is 3.39. The van der Waals surface area contributed by atoms with Gasteiger partial charge in [0.2, 0.25) is 11.8 Å². The highest BCUT2D eigenvalue weighted by Gasteiger charge is 2.25. The molecule has 3 heterocycles. The number of hydrogen-bond donors (Lipinski definition) is 3. The lowest BCUT2D eigenvalue weighted by Crippen LogP contribution is -2.40. The number of aryl methyl sites for hydroxylation is 1. The number of carbonyl (C=O) groups is 2. The Morgan fingerprint density at radius 1 is 1.48 bits per heavy atom. The van der Waals surface area contributed by atoms with Crippen molar-refractivity contribution in [2.24, 2.45) is 0 Å². The van der Waals surface area contributed by atoms with E-state index in [4.69, 9.17) is 5.73 Å². The monoisotopic (exact) mass is 289 g/mol. The van der Waals surface area contributed by atoms with Crippen molar-refractivity contribution in [2.75, 3.05) is 12.3 Å². The first-order valence-corrected chi connectivity index (χ1v) is 6.63. The van der Waals surface area contributed by atoms with Crippen LogP contribution in [0.25, 0.3) is 11.2 Å². The molecule has 0 spiro atoms. The van der Waals surface area contributed by atoms with Crippen LogP contribution in [0.15, 0.2) is 12.7 Å². The summed E-state index contributed by atoms with van der Waals surface area (Å²) in [5, 5.41) is 5.38. The molecule has 2 aromatic heterocycles. The van der Waals surface area contributed by atoms with Gasteiger partial charge in [-0.25, -0.2) is 15.0 Å². The molecule has 1 saturated heterocycles. The summed E-state index contributed by atoms with van der Waals surface area (Å²) in [5.74, 6) is 0.00343. The summed E-state index contributed by atoms with van der Waals surface area (Å²) in [6, 6.07) is -0.421. The lowest BCUT2D eigenvalue weighted by molar-refractivity contribution is -0.127. The van der Waals surface area contributed by atoms with Crippen molar-refractivity contribution < 1.29 is 9.59 Å². The van der Waals surface area contributed by atoms with E-state index in [-0.39, 0.29) is 18.2 Å². The number of amides is 2. The topological polar surface area (TPSA) is 128 Å². The van der Waals surface area contributed by atoms with Gasteiger partial charge < -0.3 is 20.9 Å². The molecule has 0 aliphatic carbocycles. The van der Waals surface area contributed by atoms with Crippen LogP contribution >= 0.6 is 0 Å². The molecular weight excluding hydrogens is 274 g/mol. The Morgan fingerprint density at radius 3 is 3.10 bits per heavy atom. The van der Waals surface area contributed by atoms with Crippen molar-refractivity contribution in [3.05, 3.63) is 12.7 Å². The fourth-order valence-corrected chi connectivity index (χ4v) is 2.28. The first-order chi connectivity index (χ1) is 10.1. The second-order valence-electron chi connectivity index (χ2n) is 4.82. The molecule has 0 aromatic carbocycles. The average Bonchev–Trinajstić information content (AvgIpc) is 3.05. The van der Waals surface area contributed by atoms with Crippen molar-refractivity contribution >= 4 is 28.8 Å². The predicted octanol–water partition coefficient (Wildman–Crippen LogP) is -1.20. The molecule has 0 radical (unpaired) electrons. The smallest absolute Gasteiger partial charge is 0.242 e. The van der Waals surface area contributed by atoms with Crippen molar-refractivity contribution in [2.45, 2.75) is 25.4 Å². The SMILES string of the molecule is Nc1ncnc2c1ncn2CCC(=O)NC1CCNC1=O. The van der Waals surface area contributed by atoms with Gasteiger partial charge in [-0.2, -0.15) is 0 Å². The molecule has 3 rings (SSSR count). The Kier molecular flexibility index (Phi) is 3.38. The molecule has 1 aliphatic rings. The molecule has 0 bridgehead atoms. The number of fused-ring (bicyclic) bond motifs is 1. The summed E-state index contributed by atoms with van der Waals surface area (Å²) in [6.45, 7) is 1.01. The van der Waals surface area contributed by atoms with E-state index in [0.29, 0.717) is 36.5 Å². The summed E-state index contributed by atoms with van der Waals surface area (Å²) in [7, 11) is 0. The maximum atomic E-state index is 11.9. The summed E-state index contributed by atoms with van der Waals surface area (Å²) in [6.07, 6.45) is 3.80. The minimum absolute atomic E-state index is 0.128. The Morgan fingerprint density at radius 2 is 2.33 bits per heavy atom. The van der Waals surface area contributed by atoms with Gasteiger partial charge >= 0.3 is 0 Å². The summed E-state index contributed by atoms with van der Waals surface area (Å²) < 4.78 is 1.74. The van der Waals surface area contributed by atoms with E-state index < -0.39 is 6.04 Å². The molecule has 110 valence electrons. The van der Waals surface area contributed by atoms with E-state index in [2.05, 4.69) is 25.6 Å². The van der Waals surface area contributed by atoms with Crippen molar-refractivity contribution in [3.63, 3.8) is 0 Å². The minimum Gasteiger partial charge on any atom is -0.382 e. The number of rotatable bonds is 4. The Hall–Kier alpha value is -2.71. The second-order valence-corrected chi connectivity index (χ2v) is 4.82. The highest BCUT2D eigenvalue weighted by molar-refractivity contribution is 5.89. The van der Waals surface area contributed by atoms with E-state index >= 15 is 0 Å². The molecule has 9 heteroatoms. The van der Waals surface area contributed by atoms with Gasteiger partial charge in [0.1, 0.15) is 17.9 Å². The molecule has 1 aliphatic heterocycles. The molecule has 1 unspecified atom stereocenters. The first kappa shape index (κ1) is 13.3. The van der Waals surface area contributed by atoms with Crippen LogP contribution in [0.2, 0.25) is 0 Å². The van der Waals surface area contributed by atoms with Gasteiger partial charge in [-0.05, 0) is 6.42 Å². The maximum absolute atomic E-state index is 11.9. The van der Waals surface area contributed by atoms with Crippen LogP contribution in [0.5, 0.6) is 0 Å². The number of aromatic nitrogens is 4. The molecule has 2 amide bonds. The molecule has 4 N–H and O–H groups in total. The lowest BCUT2D eigenvalue weighted by atomic mass is 10.2. The van der Waals surface area contributed by atoms with Crippen LogP contribution in [0, 0.1) is 0 Å². The number of hydrogen-bond acceptors (Lipinski definition) is 6. The zero-order chi connectivity index (χ0) is 14.8. The van der Waals surface area contributed by atoms with Gasteiger partial charge in [0.05, 0.1) is 6.33 Å². The summed E-state index contributed by atoms with van der Waals surface area (Å²) in [5.41, 5.74) is 6.81. The molecule has 0 saturated carbocycles. The minimum atomic E-state index is -0.421. The Balaban J connectivity index is 1.62. The van der Waals surface area contributed by atoms with Gasteiger partial charge in [-0.15, -0.1) is 0 Å². The second kappa shape index (κ2) is 5.35. The fourth-order valence-electron chi connectivity index (χ4n) is 2.28. The van der Waals surface area contributed by atoms with E-state index in [9.17, 15) is 9.59 Å². The molecule has 9 nitrogen and oxygen atoms in total. The van der Waals surface area contributed by atoms with Crippen LogP contribution in [-0.2, 0) is 16.1 Å². The van der Waals surface area contributed by atoms with E-state index in [0.717, 1.165) is 0 Å². The van der Waals surface area contributed by atoms with E-state index in [1.165, 1.54) is 6.33 Å². The Labute approximate surface area is 120 Å². The first-order valence-electron chi connectivity index (χ1n) is 6.63. The number of nitrogens with one attached hydrogen (secondary N) is 2. The normalized spacial score (nSPS) is 17.9. The molecule has 1 atom stereocenters. The number of anilines is 1.